The Balaban J connectivity index is 3.03. The first-order valence-corrected chi connectivity index (χ1v) is 4.20. The van der Waals surface area contributed by atoms with E-state index in [4.69, 9.17) is 0 Å². The molecule has 1 rings (SSSR count). The summed E-state index contributed by atoms with van der Waals surface area (Å²) < 4.78 is 1.50. The molecule has 0 atom stereocenters. The summed E-state index contributed by atoms with van der Waals surface area (Å²) in [6.07, 6.45) is 3.24. The molecule has 0 saturated heterocycles. The van der Waals surface area contributed by atoms with E-state index in [1.165, 1.54) is 4.57 Å². The quantitative estimate of drug-likeness (QED) is 0.702. The number of rotatable bonds is 1. The fourth-order valence-corrected chi connectivity index (χ4v) is 0.939. The minimum atomic E-state index is -0.138. The van der Waals surface area contributed by atoms with Crippen molar-refractivity contribution >= 4 is 5.82 Å². The summed E-state index contributed by atoms with van der Waals surface area (Å²) in [6.45, 7) is 5.96. The van der Waals surface area contributed by atoms with Gasteiger partial charge in [-0.3, -0.25) is 4.79 Å². The smallest absolute Gasteiger partial charge is 0.293 e. The number of hydrogen-bond donors (Lipinski definition) is 1. The molecule has 0 aliphatic carbocycles. The maximum atomic E-state index is 11.5. The largest absolute Gasteiger partial charge is 0.361 e. The summed E-state index contributed by atoms with van der Waals surface area (Å²) in [4.78, 5) is 15.5. The lowest BCUT2D eigenvalue weighted by Crippen LogP contribution is -2.32. The summed E-state index contributed by atoms with van der Waals surface area (Å²) in [6, 6.07) is 0. The van der Waals surface area contributed by atoms with Crippen molar-refractivity contribution in [2.24, 2.45) is 7.05 Å². The van der Waals surface area contributed by atoms with Crippen molar-refractivity contribution in [1.29, 1.82) is 0 Å². The summed E-state index contributed by atoms with van der Waals surface area (Å²) in [7, 11) is 1.71. The number of aromatic nitrogens is 2. The average Bonchev–Trinajstić information content (AvgIpc) is 1.96. The van der Waals surface area contributed by atoms with Crippen LogP contribution >= 0.6 is 0 Å². The van der Waals surface area contributed by atoms with Gasteiger partial charge >= 0.3 is 0 Å². The lowest BCUT2D eigenvalue weighted by Gasteiger charge is -2.20. The summed E-state index contributed by atoms with van der Waals surface area (Å²) in [5.74, 6) is 0.400. The summed E-state index contributed by atoms with van der Waals surface area (Å²) in [5, 5.41) is 3.05. The molecule has 1 heterocycles. The topological polar surface area (TPSA) is 46.9 Å². The zero-order valence-electron chi connectivity index (χ0n) is 8.46. The molecule has 0 radical (unpaired) electrons. The van der Waals surface area contributed by atoms with Crippen molar-refractivity contribution < 1.29 is 0 Å². The Morgan fingerprint density at radius 3 is 2.62 bits per heavy atom. The second kappa shape index (κ2) is 3.20. The van der Waals surface area contributed by atoms with Crippen molar-refractivity contribution in [3.63, 3.8) is 0 Å². The van der Waals surface area contributed by atoms with E-state index < -0.39 is 0 Å². The number of nitrogens with zero attached hydrogens (tertiary/aromatic N) is 2. The Morgan fingerprint density at radius 1 is 1.46 bits per heavy atom. The Bertz CT molecular complexity index is 349. The van der Waals surface area contributed by atoms with Gasteiger partial charge in [0, 0.05) is 25.0 Å². The highest BCUT2D eigenvalue weighted by Crippen LogP contribution is 2.06. The molecule has 1 N–H and O–H groups in total. The molecule has 4 heteroatoms. The van der Waals surface area contributed by atoms with Gasteiger partial charge in [-0.15, -0.1) is 0 Å². The van der Waals surface area contributed by atoms with Crippen molar-refractivity contribution in [2.75, 3.05) is 5.32 Å². The van der Waals surface area contributed by atoms with Crippen LogP contribution in [0.3, 0.4) is 0 Å². The van der Waals surface area contributed by atoms with E-state index in [-0.39, 0.29) is 11.1 Å². The molecule has 0 aliphatic heterocycles. The third-order valence-electron chi connectivity index (χ3n) is 1.51. The lowest BCUT2D eigenvalue weighted by atomic mass is 10.1. The lowest BCUT2D eigenvalue weighted by molar-refractivity contribution is 0.625. The Morgan fingerprint density at radius 2 is 2.08 bits per heavy atom. The minimum absolute atomic E-state index is 0.0996. The Hall–Kier alpha value is -1.32. The van der Waals surface area contributed by atoms with Gasteiger partial charge in [0.2, 0.25) is 0 Å². The van der Waals surface area contributed by atoms with Gasteiger partial charge in [-0.25, -0.2) is 4.98 Å². The molecule has 0 aromatic carbocycles. The molecule has 4 nitrogen and oxygen atoms in total. The molecular formula is C9H15N3O. The van der Waals surface area contributed by atoms with Gasteiger partial charge in [0.15, 0.2) is 5.82 Å². The Labute approximate surface area is 77.6 Å². The highest BCUT2D eigenvalue weighted by atomic mass is 16.1. The average molecular weight is 181 g/mol. The first-order valence-electron chi connectivity index (χ1n) is 4.20. The number of aryl methyl sites for hydroxylation is 1. The van der Waals surface area contributed by atoms with Crippen LogP contribution in [0.25, 0.3) is 0 Å². The third-order valence-corrected chi connectivity index (χ3v) is 1.51. The molecule has 72 valence electrons. The first kappa shape index (κ1) is 9.77. The van der Waals surface area contributed by atoms with Crippen molar-refractivity contribution in [2.45, 2.75) is 26.3 Å². The maximum absolute atomic E-state index is 11.5. The fraction of sp³-hybridized carbons (Fsp3) is 0.556. The van der Waals surface area contributed by atoms with E-state index in [0.29, 0.717) is 5.82 Å². The van der Waals surface area contributed by atoms with Gasteiger partial charge in [0.05, 0.1) is 0 Å². The van der Waals surface area contributed by atoms with Gasteiger partial charge in [0.1, 0.15) is 0 Å². The predicted molar refractivity (Wildman–Crippen MR) is 52.9 cm³/mol. The number of hydrogen-bond acceptors (Lipinski definition) is 3. The molecule has 0 amide bonds. The van der Waals surface area contributed by atoms with Crippen LogP contribution in [-0.4, -0.2) is 15.1 Å². The van der Waals surface area contributed by atoms with Gasteiger partial charge in [-0.05, 0) is 20.8 Å². The van der Waals surface area contributed by atoms with Crippen LogP contribution in [-0.2, 0) is 7.05 Å². The third kappa shape index (κ3) is 2.57. The van der Waals surface area contributed by atoms with Crippen LogP contribution in [0.4, 0.5) is 5.82 Å². The van der Waals surface area contributed by atoms with E-state index in [9.17, 15) is 4.79 Å². The monoisotopic (exact) mass is 181 g/mol. The zero-order valence-corrected chi connectivity index (χ0v) is 8.46. The molecule has 0 spiro atoms. The highest BCUT2D eigenvalue weighted by molar-refractivity contribution is 5.33. The standard InChI is InChI=1S/C9H15N3O/c1-9(2,3)11-7-8(13)12(4)6-5-10-7/h5-6H,1-4H3,(H,10,11). The molecule has 0 bridgehead atoms. The van der Waals surface area contributed by atoms with Crippen molar-refractivity contribution in [3.05, 3.63) is 22.7 Å². The summed E-state index contributed by atoms with van der Waals surface area (Å²) in [5.41, 5.74) is -0.238. The van der Waals surface area contributed by atoms with E-state index in [1.54, 1.807) is 19.4 Å². The second-order valence-corrected chi connectivity index (χ2v) is 4.07. The molecular weight excluding hydrogens is 166 g/mol. The van der Waals surface area contributed by atoms with Gasteiger partial charge in [-0.1, -0.05) is 0 Å². The molecule has 0 saturated carbocycles. The van der Waals surface area contributed by atoms with Crippen molar-refractivity contribution in [3.8, 4) is 0 Å². The van der Waals surface area contributed by atoms with Crippen LogP contribution in [0.15, 0.2) is 17.2 Å². The minimum Gasteiger partial charge on any atom is -0.361 e. The van der Waals surface area contributed by atoms with Crippen LogP contribution in [0, 0.1) is 0 Å². The highest BCUT2D eigenvalue weighted by Gasteiger charge is 2.12. The molecule has 0 unspecified atom stereocenters. The molecule has 1 aromatic rings. The Kier molecular flexibility index (Phi) is 2.40. The van der Waals surface area contributed by atoms with Crippen LogP contribution < -0.4 is 10.9 Å². The number of anilines is 1. The summed E-state index contributed by atoms with van der Waals surface area (Å²) >= 11 is 0. The van der Waals surface area contributed by atoms with E-state index in [0.717, 1.165) is 0 Å². The molecule has 13 heavy (non-hydrogen) atoms. The van der Waals surface area contributed by atoms with E-state index >= 15 is 0 Å². The van der Waals surface area contributed by atoms with E-state index in [2.05, 4.69) is 10.3 Å². The van der Waals surface area contributed by atoms with Crippen LogP contribution in [0.2, 0.25) is 0 Å². The van der Waals surface area contributed by atoms with Gasteiger partial charge in [-0.2, -0.15) is 0 Å². The second-order valence-electron chi connectivity index (χ2n) is 4.07. The van der Waals surface area contributed by atoms with Gasteiger partial charge < -0.3 is 9.88 Å². The molecule has 0 fully saturated rings. The first-order chi connectivity index (χ1) is 5.90. The van der Waals surface area contributed by atoms with E-state index in [1.807, 2.05) is 20.8 Å². The maximum Gasteiger partial charge on any atom is 0.293 e. The predicted octanol–water partition coefficient (Wildman–Crippen LogP) is 0.991. The van der Waals surface area contributed by atoms with Gasteiger partial charge in [0.25, 0.3) is 5.56 Å². The normalized spacial score (nSPS) is 11.4. The van der Waals surface area contributed by atoms with Crippen LogP contribution in [0.1, 0.15) is 20.8 Å². The molecule has 0 aliphatic rings. The van der Waals surface area contributed by atoms with Crippen LogP contribution in [0.5, 0.6) is 0 Å². The zero-order chi connectivity index (χ0) is 10.1. The molecule has 1 aromatic heterocycles. The fourth-order valence-electron chi connectivity index (χ4n) is 0.939. The number of nitrogens with one attached hydrogen (secondary N) is 1. The van der Waals surface area contributed by atoms with Crippen molar-refractivity contribution in [1.82, 2.24) is 9.55 Å². The SMILES string of the molecule is Cn1ccnc(NC(C)(C)C)c1=O.